The summed E-state index contributed by atoms with van der Waals surface area (Å²) < 4.78 is 6.41. The van der Waals surface area contributed by atoms with Crippen LogP contribution in [-0.2, 0) is 9.53 Å². The van der Waals surface area contributed by atoms with Crippen molar-refractivity contribution in [2.45, 2.75) is 12.8 Å². The number of carbonyl (C=O) groups excluding carboxylic acids is 2. The van der Waals surface area contributed by atoms with Crippen molar-refractivity contribution in [1.29, 1.82) is 0 Å². The lowest BCUT2D eigenvalue weighted by Gasteiger charge is -2.32. The molecular weight excluding hydrogens is 456 g/mol. The Hall–Kier alpha value is -4.71. The van der Waals surface area contributed by atoms with Crippen LogP contribution in [0, 0.1) is 17.8 Å². The van der Waals surface area contributed by atoms with Gasteiger partial charge in [0.25, 0.3) is 0 Å². The molecule has 1 fully saturated rings. The Morgan fingerprint density at radius 3 is 2.53 bits per heavy atom. The van der Waals surface area contributed by atoms with Crippen molar-refractivity contribution < 1.29 is 14.3 Å². The Kier molecular flexibility index (Phi) is 6.58. The van der Waals surface area contributed by atoms with E-state index in [-0.39, 0.29) is 11.8 Å². The molecule has 1 amide bonds. The second-order valence-corrected chi connectivity index (χ2v) is 8.48. The lowest BCUT2D eigenvalue weighted by atomic mass is 9.95. The molecule has 5 rings (SSSR count). The maximum absolute atomic E-state index is 12.9. The summed E-state index contributed by atoms with van der Waals surface area (Å²) in [5.74, 6) is 6.54. The molecule has 1 N–H and O–H groups in total. The van der Waals surface area contributed by atoms with Gasteiger partial charge in [-0.2, -0.15) is 4.52 Å². The van der Waals surface area contributed by atoms with Crippen LogP contribution in [-0.4, -0.2) is 51.9 Å². The Morgan fingerprint density at radius 2 is 1.75 bits per heavy atom. The summed E-state index contributed by atoms with van der Waals surface area (Å²) in [4.78, 5) is 26.8. The van der Waals surface area contributed by atoms with Crippen molar-refractivity contribution in [3.63, 3.8) is 0 Å². The molecule has 2 aromatic carbocycles. The highest BCUT2D eigenvalue weighted by molar-refractivity contribution is 5.93. The zero-order valence-electron chi connectivity index (χ0n) is 19.7. The lowest BCUT2D eigenvalue weighted by Crippen LogP contribution is -2.38. The molecule has 3 heterocycles. The van der Waals surface area contributed by atoms with Crippen molar-refractivity contribution in [2.75, 3.05) is 30.4 Å². The third-order valence-electron chi connectivity index (χ3n) is 6.10. The summed E-state index contributed by atoms with van der Waals surface area (Å²) in [5.41, 5.74) is 3.33. The first kappa shape index (κ1) is 23.1. The summed E-state index contributed by atoms with van der Waals surface area (Å²) in [5, 5.41) is 15.4. The van der Waals surface area contributed by atoms with Crippen LogP contribution in [0.4, 0.5) is 11.5 Å². The van der Waals surface area contributed by atoms with Gasteiger partial charge in [-0.05, 0) is 61.4 Å². The number of hydrogen-bond donors (Lipinski definition) is 1. The van der Waals surface area contributed by atoms with E-state index in [9.17, 15) is 9.59 Å². The maximum Gasteiger partial charge on any atom is 0.337 e. The number of benzene rings is 2. The van der Waals surface area contributed by atoms with Gasteiger partial charge in [0.2, 0.25) is 5.91 Å². The molecule has 1 aliphatic rings. The molecule has 0 radical (unpaired) electrons. The first-order valence-corrected chi connectivity index (χ1v) is 11.6. The number of ether oxygens (including phenoxy) is 1. The average molecular weight is 481 g/mol. The van der Waals surface area contributed by atoms with E-state index < -0.39 is 5.97 Å². The SMILES string of the molecule is COC(=O)c1cccc(C#Cc2cccc(NC(=O)C3CCN(c4ccc5nncn5n4)CC3)c2)c1. The van der Waals surface area contributed by atoms with Crippen LogP contribution in [0.3, 0.4) is 0 Å². The minimum atomic E-state index is -0.401. The number of hydrogen-bond acceptors (Lipinski definition) is 7. The fourth-order valence-electron chi connectivity index (χ4n) is 4.16. The van der Waals surface area contributed by atoms with E-state index in [4.69, 9.17) is 4.74 Å². The number of esters is 1. The largest absolute Gasteiger partial charge is 0.465 e. The van der Waals surface area contributed by atoms with Crippen LogP contribution in [0.2, 0.25) is 0 Å². The molecular formula is C27H24N6O3. The number of amides is 1. The third kappa shape index (κ3) is 5.18. The number of nitrogens with zero attached hydrogens (tertiary/aromatic N) is 5. The molecule has 36 heavy (non-hydrogen) atoms. The zero-order valence-corrected chi connectivity index (χ0v) is 19.7. The molecule has 0 atom stereocenters. The highest BCUT2D eigenvalue weighted by Crippen LogP contribution is 2.23. The first-order chi connectivity index (χ1) is 17.6. The van der Waals surface area contributed by atoms with Gasteiger partial charge < -0.3 is 15.0 Å². The highest BCUT2D eigenvalue weighted by atomic mass is 16.5. The van der Waals surface area contributed by atoms with Gasteiger partial charge in [-0.25, -0.2) is 4.79 Å². The van der Waals surface area contributed by atoms with Crippen molar-refractivity contribution in [3.05, 3.63) is 83.7 Å². The normalized spacial score (nSPS) is 13.6. The monoisotopic (exact) mass is 480 g/mol. The Morgan fingerprint density at radius 1 is 1.00 bits per heavy atom. The summed E-state index contributed by atoms with van der Waals surface area (Å²) in [6.45, 7) is 1.49. The molecule has 1 saturated heterocycles. The van der Waals surface area contributed by atoms with E-state index in [0.29, 0.717) is 22.5 Å². The molecule has 4 aromatic rings. The van der Waals surface area contributed by atoms with Gasteiger partial charge >= 0.3 is 5.97 Å². The number of nitrogens with one attached hydrogen (secondary N) is 1. The fourth-order valence-corrected chi connectivity index (χ4v) is 4.16. The number of fused-ring (bicyclic) bond motifs is 1. The van der Waals surface area contributed by atoms with E-state index in [0.717, 1.165) is 37.3 Å². The van der Waals surface area contributed by atoms with E-state index in [2.05, 4.69) is 37.4 Å². The molecule has 9 nitrogen and oxygen atoms in total. The molecule has 2 aromatic heterocycles. The summed E-state index contributed by atoms with van der Waals surface area (Å²) in [6.07, 6.45) is 3.06. The standard InChI is InChI=1S/C27H24N6O3/c1-36-27(35)22-6-2-4-19(16-22)8-9-20-5-3-7-23(17-20)29-26(34)21-12-14-32(15-13-21)25-11-10-24-30-28-18-33(24)31-25/h2-7,10-11,16-18,21H,12-15H2,1H3,(H,29,34). The predicted molar refractivity (Wildman–Crippen MR) is 135 cm³/mol. The van der Waals surface area contributed by atoms with Crippen LogP contribution in [0.15, 0.2) is 67.0 Å². The smallest absolute Gasteiger partial charge is 0.337 e. The van der Waals surface area contributed by atoms with Crippen LogP contribution in [0.5, 0.6) is 0 Å². The second-order valence-electron chi connectivity index (χ2n) is 8.48. The molecule has 180 valence electrons. The highest BCUT2D eigenvalue weighted by Gasteiger charge is 2.26. The summed E-state index contributed by atoms with van der Waals surface area (Å²) >= 11 is 0. The van der Waals surface area contributed by atoms with Crippen molar-refractivity contribution >= 4 is 29.0 Å². The topological polar surface area (TPSA) is 102 Å². The van der Waals surface area contributed by atoms with Gasteiger partial charge in [-0.1, -0.05) is 24.0 Å². The Labute approximate surface area is 208 Å². The van der Waals surface area contributed by atoms with E-state index in [1.165, 1.54) is 7.11 Å². The molecule has 0 saturated carbocycles. The summed E-state index contributed by atoms with van der Waals surface area (Å²) in [7, 11) is 1.35. The number of methoxy groups -OCH3 is 1. The molecule has 9 heteroatoms. The number of anilines is 2. The average Bonchev–Trinajstić information content (AvgIpc) is 3.40. The van der Waals surface area contributed by atoms with Crippen LogP contribution in [0.25, 0.3) is 5.65 Å². The quantitative estimate of drug-likeness (QED) is 0.354. The minimum absolute atomic E-state index is 0.00718. The van der Waals surface area contributed by atoms with Crippen LogP contribution >= 0.6 is 0 Å². The van der Waals surface area contributed by atoms with Crippen LogP contribution in [0.1, 0.15) is 34.3 Å². The number of piperidine rings is 1. The second kappa shape index (κ2) is 10.3. The van der Waals surface area contributed by atoms with Gasteiger partial charge in [-0.15, -0.1) is 15.3 Å². The molecule has 0 aliphatic carbocycles. The van der Waals surface area contributed by atoms with E-state index in [1.807, 2.05) is 42.5 Å². The molecule has 0 spiro atoms. The van der Waals surface area contributed by atoms with Crippen molar-refractivity contribution in [3.8, 4) is 11.8 Å². The Balaban J connectivity index is 1.19. The van der Waals surface area contributed by atoms with E-state index >= 15 is 0 Å². The van der Waals surface area contributed by atoms with Gasteiger partial charge in [0.1, 0.15) is 12.1 Å². The van der Waals surface area contributed by atoms with Gasteiger partial charge in [-0.3, -0.25) is 4.79 Å². The van der Waals surface area contributed by atoms with E-state index in [1.54, 1.807) is 29.0 Å². The third-order valence-corrected chi connectivity index (χ3v) is 6.10. The summed E-state index contributed by atoms with van der Waals surface area (Å²) in [6, 6.07) is 18.2. The molecule has 0 unspecified atom stereocenters. The zero-order chi connectivity index (χ0) is 24.9. The van der Waals surface area contributed by atoms with Crippen LogP contribution < -0.4 is 10.2 Å². The predicted octanol–water partition coefficient (Wildman–Crippen LogP) is 3.17. The Bertz CT molecular complexity index is 1480. The molecule has 1 aliphatic heterocycles. The number of aromatic nitrogens is 4. The number of carbonyl (C=O) groups is 2. The van der Waals surface area contributed by atoms with Gasteiger partial charge in [0, 0.05) is 35.8 Å². The number of rotatable bonds is 4. The minimum Gasteiger partial charge on any atom is -0.465 e. The molecule has 0 bridgehead atoms. The fraction of sp³-hybridized carbons (Fsp3) is 0.222. The first-order valence-electron chi connectivity index (χ1n) is 11.6. The van der Waals surface area contributed by atoms with Gasteiger partial charge in [0.05, 0.1) is 12.7 Å². The van der Waals surface area contributed by atoms with Crippen molar-refractivity contribution in [2.24, 2.45) is 5.92 Å². The maximum atomic E-state index is 12.9. The van der Waals surface area contributed by atoms with Gasteiger partial charge in [0.15, 0.2) is 5.65 Å². The van der Waals surface area contributed by atoms with Crippen molar-refractivity contribution in [1.82, 2.24) is 19.8 Å². The lowest BCUT2D eigenvalue weighted by molar-refractivity contribution is -0.120.